The van der Waals surface area contributed by atoms with Gasteiger partial charge in [-0.25, -0.2) is 4.58 Å². The molecular weight excluding hydrogens is 352 g/mol. The minimum atomic E-state index is 1.06. The van der Waals surface area contributed by atoms with Crippen molar-refractivity contribution in [2.75, 3.05) is 31.1 Å². The lowest BCUT2D eigenvalue weighted by Gasteiger charge is -2.20. The Morgan fingerprint density at radius 3 is 2.03 bits per heavy atom. The fourth-order valence-corrected chi connectivity index (χ4v) is 4.74. The van der Waals surface area contributed by atoms with E-state index in [1.807, 2.05) is 0 Å². The Labute approximate surface area is 178 Å². The summed E-state index contributed by atoms with van der Waals surface area (Å²) in [4.78, 5) is 2.39. The molecular formula is C27H39N2+. The number of allylic oxidation sites excluding steroid dienone is 5. The van der Waals surface area contributed by atoms with E-state index in [0.29, 0.717) is 0 Å². The highest BCUT2D eigenvalue weighted by Gasteiger charge is 2.19. The zero-order chi connectivity index (χ0) is 20.6. The average molecular weight is 392 g/mol. The quantitative estimate of drug-likeness (QED) is 0.473. The van der Waals surface area contributed by atoms with Crippen molar-refractivity contribution in [2.24, 2.45) is 0 Å². The van der Waals surface area contributed by atoms with Crippen molar-refractivity contribution in [3.8, 4) is 0 Å². The molecule has 0 atom stereocenters. The van der Waals surface area contributed by atoms with Gasteiger partial charge < -0.3 is 4.90 Å². The van der Waals surface area contributed by atoms with Crippen molar-refractivity contribution >= 4 is 17.5 Å². The summed E-state index contributed by atoms with van der Waals surface area (Å²) in [6.45, 7) is 13.4. The molecule has 2 nitrogen and oxygen atoms in total. The predicted octanol–water partition coefficient (Wildman–Crippen LogP) is 6.63. The van der Waals surface area contributed by atoms with Crippen LogP contribution >= 0.6 is 0 Å². The molecule has 0 spiro atoms. The maximum Gasteiger partial charge on any atom is 0.152 e. The first-order chi connectivity index (χ1) is 14.2. The van der Waals surface area contributed by atoms with E-state index in [1.165, 1.54) is 60.9 Å². The van der Waals surface area contributed by atoms with Gasteiger partial charge in [0.25, 0.3) is 0 Å². The Hall–Kier alpha value is -2.09. The summed E-state index contributed by atoms with van der Waals surface area (Å²) in [5, 5.41) is 0. The van der Waals surface area contributed by atoms with E-state index in [-0.39, 0.29) is 0 Å². The van der Waals surface area contributed by atoms with E-state index < -0.39 is 0 Å². The van der Waals surface area contributed by atoms with Gasteiger partial charge in [-0.05, 0) is 82.2 Å². The second kappa shape index (κ2) is 10.6. The molecule has 0 saturated heterocycles. The number of anilines is 1. The van der Waals surface area contributed by atoms with Gasteiger partial charge in [-0.2, -0.15) is 0 Å². The first-order valence-corrected chi connectivity index (χ1v) is 11.7. The molecule has 3 rings (SSSR count). The van der Waals surface area contributed by atoms with Gasteiger partial charge in [0.05, 0.1) is 0 Å². The van der Waals surface area contributed by atoms with E-state index in [2.05, 4.69) is 79.7 Å². The van der Waals surface area contributed by atoms with E-state index in [0.717, 1.165) is 26.2 Å². The Morgan fingerprint density at radius 2 is 1.45 bits per heavy atom. The molecule has 29 heavy (non-hydrogen) atoms. The molecule has 2 aliphatic rings. The van der Waals surface area contributed by atoms with Crippen LogP contribution in [0.5, 0.6) is 0 Å². The first kappa shape index (κ1) is 21.6. The van der Waals surface area contributed by atoms with Crippen LogP contribution in [0.1, 0.15) is 71.8 Å². The average Bonchev–Trinajstić information content (AvgIpc) is 3.19. The third-order valence-corrected chi connectivity index (χ3v) is 6.52. The van der Waals surface area contributed by atoms with Crippen molar-refractivity contribution in [1.82, 2.24) is 0 Å². The third kappa shape index (κ3) is 5.72. The van der Waals surface area contributed by atoms with Gasteiger partial charge in [-0.3, -0.25) is 0 Å². The molecule has 0 aliphatic heterocycles. The second-order valence-corrected chi connectivity index (χ2v) is 8.24. The summed E-state index contributed by atoms with van der Waals surface area (Å²) in [6.07, 6.45) is 14.7. The van der Waals surface area contributed by atoms with Gasteiger partial charge in [0.1, 0.15) is 13.1 Å². The molecule has 2 heteroatoms. The highest BCUT2D eigenvalue weighted by molar-refractivity contribution is 5.81. The molecule has 1 aromatic rings. The molecule has 0 bridgehead atoms. The highest BCUT2D eigenvalue weighted by Crippen LogP contribution is 2.30. The predicted molar refractivity (Wildman–Crippen MR) is 128 cm³/mol. The van der Waals surface area contributed by atoms with Crippen LogP contribution < -0.4 is 4.90 Å². The standard InChI is InChI=1S/C27H39N2/c1-5-28(6-2)26-15-11-22(12-16-26)19-24-9-10-25(21-24)20-23-13-17-27(18-14-23)29(7-3)8-4/h11-12,15-16,19-21H,5-10,13-14,17-18H2,1-4H3/q+1/b24-19+. The van der Waals surface area contributed by atoms with Crippen molar-refractivity contribution in [3.63, 3.8) is 0 Å². The first-order valence-electron chi connectivity index (χ1n) is 11.7. The highest BCUT2D eigenvalue weighted by atomic mass is 15.1. The number of hydrogen-bond acceptors (Lipinski definition) is 1. The van der Waals surface area contributed by atoms with Crippen molar-refractivity contribution in [1.29, 1.82) is 0 Å². The summed E-state index contributed by atoms with van der Waals surface area (Å²) in [5.74, 6) is 0. The van der Waals surface area contributed by atoms with Crippen molar-refractivity contribution in [3.05, 3.63) is 58.7 Å². The molecule has 1 aromatic carbocycles. The Kier molecular flexibility index (Phi) is 7.91. The molecule has 0 heterocycles. The fraction of sp³-hybridized carbons (Fsp3) is 0.519. The fourth-order valence-electron chi connectivity index (χ4n) is 4.74. The van der Waals surface area contributed by atoms with Gasteiger partial charge in [0, 0.05) is 31.6 Å². The summed E-state index contributed by atoms with van der Waals surface area (Å²) >= 11 is 0. The number of benzene rings is 1. The van der Waals surface area contributed by atoms with E-state index in [9.17, 15) is 0 Å². The Morgan fingerprint density at radius 1 is 0.793 bits per heavy atom. The lowest BCUT2D eigenvalue weighted by Crippen LogP contribution is -2.23. The molecule has 1 saturated carbocycles. The summed E-state index contributed by atoms with van der Waals surface area (Å²) in [7, 11) is 0. The summed E-state index contributed by atoms with van der Waals surface area (Å²) < 4.78 is 2.55. The normalized spacial score (nSPS) is 18.2. The molecule has 0 aromatic heterocycles. The maximum atomic E-state index is 2.55. The Balaban J connectivity index is 1.63. The minimum absolute atomic E-state index is 1.06. The smallest absolute Gasteiger partial charge is 0.152 e. The topological polar surface area (TPSA) is 6.25 Å². The number of hydrogen-bond donors (Lipinski definition) is 0. The number of rotatable bonds is 7. The van der Waals surface area contributed by atoms with Gasteiger partial charge in [-0.15, -0.1) is 0 Å². The van der Waals surface area contributed by atoms with E-state index in [4.69, 9.17) is 0 Å². The third-order valence-electron chi connectivity index (χ3n) is 6.52. The van der Waals surface area contributed by atoms with Crippen LogP contribution in [0.15, 0.2) is 53.1 Å². The van der Waals surface area contributed by atoms with Crippen molar-refractivity contribution < 1.29 is 4.58 Å². The van der Waals surface area contributed by atoms with Gasteiger partial charge in [0.15, 0.2) is 5.71 Å². The Bertz CT molecular complexity index is 783. The molecule has 0 N–H and O–H groups in total. The van der Waals surface area contributed by atoms with Crippen LogP contribution in [0.4, 0.5) is 5.69 Å². The van der Waals surface area contributed by atoms with E-state index >= 15 is 0 Å². The summed E-state index contributed by atoms with van der Waals surface area (Å²) in [5.41, 5.74) is 8.95. The summed E-state index contributed by atoms with van der Waals surface area (Å²) in [6, 6.07) is 9.03. The molecule has 156 valence electrons. The molecule has 0 amide bonds. The maximum absolute atomic E-state index is 2.55. The lowest BCUT2D eigenvalue weighted by molar-refractivity contribution is -0.523. The SMILES string of the molecule is CCN(CC)c1ccc(/C=C2/C=C(C=C3CCC(=[N+](CC)CC)CC3)CC2)cc1. The molecule has 2 aliphatic carbocycles. The lowest BCUT2D eigenvalue weighted by atomic mass is 9.91. The van der Waals surface area contributed by atoms with Crippen molar-refractivity contribution in [2.45, 2.75) is 66.2 Å². The van der Waals surface area contributed by atoms with Gasteiger partial charge >= 0.3 is 0 Å². The largest absolute Gasteiger partial charge is 0.372 e. The van der Waals surface area contributed by atoms with Crippen LogP contribution in [-0.2, 0) is 0 Å². The van der Waals surface area contributed by atoms with Crippen LogP contribution in [0.3, 0.4) is 0 Å². The van der Waals surface area contributed by atoms with Gasteiger partial charge in [-0.1, -0.05) is 35.9 Å². The monoisotopic (exact) mass is 391 g/mol. The zero-order valence-corrected chi connectivity index (χ0v) is 19.0. The van der Waals surface area contributed by atoms with Crippen LogP contribution in [-0.4, -0.2) is 36.5 Å². The second-order valence-electron chi connectivity index (χ2n) is 8.24. The molecule has 0 unspecified atom stereocenters. The molecule has 1 fully saturated rings. The van der Waals surface area contributed by atoms with Crippen LogP contribution in [0, 0.1) is 0 Å². The van der Waals surface area contributed by atoms with Crippen LogP contribution in [0.2, 0.25) is 0 Å². The van der Waals surface area contributed by atoms with Crippen LogP contribution in [0.25, 0.3) is 6.08 Å². The van der Waals surface area contributed by atoms with Gasteiger partial charge in [0.2, 0.25) is 0 Å². The molecule has 0 radical (unpaired) electrons. The zero-order valence-electron chi connectivity index (χ0n) is 19.0. The van der Waals surface area contributed by atoms with E-state index in [1.54, 1.807) is 11.3 Å². The minimum Gasteiger partial charge on any atom is -0.372 e. The number of nitrogens with zero attached hydrogens (tertiary/aromatic N) is 2.